The van der Waals surface area contributed by atoms with E-state index in [4.69, 9.17) is 26.8 Å². The van der Waals surface area contributed by atoms with E-state index in [1.807, 2.05) is 18.2 Å². The molecule has 9 heteroatoms. The lowest BCUT2D eigenvalue weighted by atomic mass is 9.82. The highest BCUT2D eigenvalue weighted by Gasteiger charge is 2.34. The Labute approximate surface area is 225 Å². The van der Waals surface area contributed by atoms with Crippen LogP contribution in [0.2, 0.25) is 5.02 Å². The van der Waals surface area contributed by atoms with E-state index in [1.165, 1.54) is 38.3 Å². The minimum Gasteiger partial charge on any atom is -0.384 e. The van der Waals surface area contributed by atoms with Crippen LogP contribution in [0.3, 0.4) is 0 Å². The number of nitrogens with two attached hydrogens (primary N) is 1. The minimum absolute atomic E-state index is 0.389. The molecule has 0 aromatic carbocycles. The van der Waals surface area contributed by atoms with Crippen LogP contribution in [0.15, 0.2) is 30.5 Å². The highest BCUT2D eigenvalue weighted by Crippen LogP contribution is 2.31. The number of hydrogen-bond donors (Lipinski definition) is 3. The lowest BCUT2D eigenvalue weighted by Gasteiger charge is -2.39. The number of hydrogen-bond acceptors (Lipinski definition) is 8. The van der Waals surface area contributed by atoms with Gasteiger partial charge in [-0.15, -0.1) is 0 Å². The molecule has 3 fully saturated rings. The van der Waals surface area contributed by atoms with E-state index in [0.29, 0.717) is 47.5 Å². The molecule has 2 aromatic rings. The molecule has 0 spiro atoms. The summed E-state index contributed by atoms with van der Waals surface area (Å²) in [5, 5.41) is 17.0. The first-order valence-electron chi connectivity index (χ1n) is 13.3. The summed E-state index contributed by atoms with van der Waals surface area (Å²) in [5.41, 5.74) is 7.20. The molecular formula is C28H39ClN6O2. The van der Waals surface area contributed by atoms with Crippen LogP contribution in [0.4, 0.5) is 11.6 Å². The van der Waals surface area contributed by atoms with Crippen LogP contribution in [0, 0.1) is 22.2 Å². The topological polar surface area (TPSA) is 118 Å². The molecule has 3 aliphatic rings. The molecule has 4 heterocycles. The number of ether oxygens (including phenoxy) is 2. The van der Waals surface area contributed by atoms with E-state index in [1.54, 1.807) is 6.07 Å². The summed E-state index contributed by atoms with van der Waals surface area (Å²) in [6.07, 6.45) is 10.0. The van der Waals surface area contributed by atoms with Crippen molar-refractivity contribution in [1.29, 1.82) is 5.26 Å². The van der Waals surface area contributed by atoms with Gasteiger partial charge < -0.3 is 25.8 Å². The number of rotatable bonds is 7. The molecule has 0 atom stereocenters. The maximum Gasteiger partial charge on any atom is 0.126 e. The van der Waals surface area contributed by atoms with Crippen molar-refractivity contribution in [2.45, 2.75) is 57.9 Å². The SMILES string of the molecule is CC1(CNC2CCCCC2)COC1.N#CC1(CNc2cccc(-c3cc(N)ncc3Cl)n2)CCOCC1. The van der Waals surface area contributed by atoms with Crippen molar-refractivity contribution < 1.29 is 9.47 Å². The molecule has 5 rings (SSSR count). The van der Waals surface area contributed by atoms with Crippen LogP contribution < -0.4 is 16.4 Å². The molecular weight excluding hydrogens is 488 g/mol. The predicted molar refractivity (Wildman–Crippen MR) is 147 cm³/mol. The number of nitrogens with one attached hydrogen (secondary N) is 2. The summed E-state index contributed by atoms with van der Waals surface area (Å²) in [4.78, 5) is 8.53. The van der Waals surface area contributed by atoms with Gasteiger partial charge in [-0.1, -0.05) is 43.9 Å². The molecule has 2 aliphatic heterocycles. The van der Waals surface area contributed by atoms with Crippen LogP contribution in [0.5, 0.6) is 0 Å². The van der Waals surface area contributed by atoms with E-state index >= 15 is 0 Å². The number of nitrogen functional groups attached to an aromatic ring is 1. The van der Waals surface area contributed by atoms with Crippen molar-refractivity contribution in [3.05, 3.63) is 35.5 Å². The van der Waals surface area contributed by atoms with Crippen LogP contribution in [0.25, 0.3) is 11.3 Å². The second-order valence-corrected chi connectivity index (χ2v) is 11.3. The van der Waals surface area contributed by atoms with Crippen molar-refractivity contribution in [2.75, 3.05) is 50.6 Å². The summed E-state index contributed by atoms with van der Waals surface area (Å²) in [6.45, 7) is 7.14. The van der Waals surface area contributed by atoms with Gasteiger partial charge in [0, 0.05) is 49.5 Å². The maximum atomic E-state index is 9.51. The smallest absolute Gasteiger partial charge is 0.126 e. The van der Waals surface area contributed by atoms with Crippen LogP contribution >= 0.6 is 11.6 Å². The molecule has 1 aliphatic carbocycles. The van der Waals surface area contributed by atoms with Crippen LogP contribution in [0.1, 0.15) is 51.9 Å². The average molecular weight is 527 g/mol. The lowest BCUT2D eigenvalue weighted by Crippen LogP contribution is -2.49. The minimum atomic E-state index is -0.408. The maximum absolute atomic E-state index is 9.51. The number of nitriles is 1. The summed E-state index contributed by atoms with van der Waals surface area (Å²) in [5.74, 6) is 1.08. The number of halogens is 1. The van der Waals surface area contributed by atoms with E-state index in [2.05, 4.69) is 33.6 Å². The van der Waals surface area contributed by atoms with E-state index in [9.17, 15) is 5.26 Å². The van der Waals surface area contributed by atoms with Crippen molar-refractivity contribution in [1.82, 2.24) is 15.3 Å². The summed E-state index contributed by atoms with van der Waals surface area (Å²) >= 11 is 6.19. The first kappa shape index (κ1) is 27.6. The third-order valence-electron chi connectivity index (χ3n) is 7.52. The molecule has 2 saturated heterocycles. The lowest BCUT2D eigenvalue weighted by molar-refractivity contribution is -0.100. The van der Waals surface area contributed by atoms with Gasteiger partial charge in [0.2, 0.25) is 0 Å². The van der Waals surface area contributed by atoms with Crippen molar-refractivity contribution in [3.63, 3.8) is 0 Å². The number of nitrogens with zero attached hydrogens (tertiary/aromatic N) is 3. The Kier molecular flexibility index (Phi) is 9.60. The molecule has 0 radical (unpaired) electrons. The largest absolute Gasteiger partial charge is 0.384 e. The first-order chi connectivity index (χ1) is 17.9. The van der Waals surface area contributed by atoms with Gasteiger partial charge in [-0.25, -0.2) is 9.97 Å². The molecule has 37 heavy (non-hydrogen) atoms. The molecule has 4 N–H and O–H groups in total. The van der Waals surface area contributed by atoms with Gasteiger partial charge in [-0.2, -0.15) is 5.26 Å². The predicted octanol–water partition coefficient (Wildman–Crippen LogP) is 5.06. The third kappa shape index (κ3) is 7.78. The monoisotopic (exact) mass is 526 g/mol. The Bertz CT molecular complexity index is 1060. The van der Waals surface area contributed by atoms with Gasteiger partial charge in [0.15, 0.2) is 0 Å². The fourth-order valence-electron chi connectivity index (χ4n) is 4.93. The quantitative estimate of drug-likeness (QED) is 0.458. The second-order valence-electron chi connectivity index (χ2n) is 10.9. The third-order valence-corrected chi connectivity index (χ3v) is 7.82. The molecule has 200 valence electrons. The first-order valence-corrected chi connectivity index (χ1v) is 13.7. The Morgan fingerprint density at radius 2 is 1.89 bits per heavy atom. The second kappa shape index (κ2) is 12.9. The van der Waals surface area contributed by atoms with Crippen molar-refractivity contribution in [2.24, 2.45) is 10.8 Å². The Morgan fingerprint density at radius 1 is 1.14 bits per heavy atom. The Morgan fingerprint density at radius 3 is 2.57 bits per heavy atom. The van der Waals surface area contributed by atoms with Crippen LogP contribution in [-0.2, 0) is 9.47 Å². The number of aromatic nitrogens is 2. The van der Waals surface area contributed by atoms with Crippen LogP contribution in [-0.4, -0.2) is 55.5 Å². The van der Waals surface area contributed by atoms with Gasteiger partial charge in [0.1, 0.15) is 11.6 Å². The van der Waals surface area contributed by atoms with Gasteiger partial charge in [0.25, 0.3) is 0 Å². The Hall–Kier alpha value is -2.44. The molecule has 2 aromatic heterocycles. The standard InChI is InChI=1S/C17H18ClN5O.C11H21NO/c18-13-9-21-15(20)8-12(13)14-2-1-3-16(23-14)22-11-17(10-19)4-6-24-7-5-17;1-11(8-13-9-11)7-12-10-5-3-2-4-6-10/h1-3,8-9H,4-7,11H2,(H2,20,21)(H,22,23);10,12H,2-9H2,1H3. The summed E-state index contributed by atoms with van der Waals surface area (Å²) in [7, 11) is 0. The molecule has 1 saturated carbocycles. The molecule has 8 nitrogen and oxygen atoms in total. The van der Waals surface area contributed by atoms with Gasteiger partial charge in [-0.3, -0.25) is 0 Å². The zero-order valence-electron chi connectivity index (χ0n) is 21.8. The van der Waals surface area contributed by atoms with Gasteiger partial charge >= 0.3 is 0 Å². The van der Waals surface area contributed by atoms with E-state index in [0.717, 1.165) is 44.2 Å². The normalized spacial score (nSPS) is 20.6. The van der Waals surface area contributed by atoms with E-state index < -0.39 is 5.41 Å². The van der Waals surface area contributed by atoms with Crippen molar-refractivity contribution in [3.8, 4) is 17.3 Å². The fourth-order valence-corrected chi connectivity index (χ4v) is 5.13. The molecule has 0 bridgehead atoms. The van der Waals surface area contributed by atoms with Gasteiger partial charge in [0.05, 0.1) is 35.4 Å². The summed E-state index contributed by atoms with van der Waals surface area (Å²) in [6, 6.07) is 10.5. The summed E-state index contributed by atoms with van der Waals surface area (Å²) < 4.78 is 10.6. The molecule has 0 amide bonds. The highest BCUT2D eigenvalue weighted by atomic mass is 35.5. The number of anilines is 2. The number of pyridine rings is 2. The average Bonchev–Trinajstić information content (AvgIpc) is 2.93. The molecule has 0 unspecified atom stereocenters. The zero-order valence-corrected chi connectivity index (χ0v) is 22.5. The fraction of sp³-hybridized carbons (Fsp3) is 0.607. The zero-order chi connectivity index (χ0) is 26.1. The highest BCUT2D eigenvalue weighted by molar-refractivity contribution is 6.33. The van der Waals surface area contributed by atoms with Crippen molar-refractivity contribution >= 4 is 23.2 Å². The Balaban J connectivity index is 0.000000207. The van der Waals surface area contributed by atoms with E-state index in [-0.39, 0.29) is 0 Å². The van der Waals surface area contributed by atoms with Gasteiger partial charge in [-0.05, 0) is 43.9 Å².